The molecule has 0 amide bonds. The first-order valence-corrected chi connectivity index (χ1v) is 12.6. The van der Waals surface area contributed by atoms with E-state index >= 15 is 0 Å². The topological polar surface area (TPSA) is 153 Å². The number of nitrogens with zero attached hydrogens (tertiary/aromatic N) is 4. The SMILES string of the molecule is COC1[C@@H](OP(O)(=S)C(C)(C)C)[C@@H](COC(C)C)O[C@H]1n1cnc2c(N)nc(N)nc21. The molecule has 1 aliphatic rings. The van der Waals surface area contributed by atoms with Gasteiger partial charge in [-0.25, -0.2) is 4.98 Å². The molecule has 2 aromatic rings. The van der Waals surface area contributed by atoms with Crippen LogP contribution in [-0.4, -0.2) is 67.7 Å². The number of nitrogens with two attached hydrogens (primary N) is 2. The molecule has 5 atom stereocenters. The first-order chi connectivity index (χ1) is 14.4. The molecular formula is C18H31N6O5PS. The van der Waals surface area contributed by atoms with Crippen molar-refractivity contribution in [3.63, 3.8) is 0 Å². The Labute approximate surface area is 186 Å². The molecule has 3 rings (SSSR count). The van der Waals surface area contributed by atoms with Crippen LogP contribution in [0.3, 0.4) is 0 Å². The lowest BCUT2D eigenvalue weighted by Gasteiger charge is -2.34. The summed E-state index contributed by atoms with van der Waals surface area (Å²) < 4.78 is 25.6. The van der Waals surface area contributed by atoms with Crippen LogP contribution >= 0.6 is 6.49 Å². The molecule has 13 heteroatoms. The summed E-state index contributed by atoms with van der Waals surface area (Å²) in [4.78, 5) is 23.5. The molecule has 3 heterocycles. The molecule has 2 unspecified atom stereocenters. The predicted molar refractivity (Wildman–Crippen MR) is 121 cm³/mol. The third kappa shape index (κ3) is 4.85. The van der Waals surface area contributed by atoms with E-state index in [1.807, 2.05) is 34.6 Å². The summed E-state index contributed by atoms with van der Waals surface area (Å²) in [6.45, 7) is 6.40. The van der Waals surface area contributed by atoms with Crippen molar-refractivity contribution in [2.75, 3.05) is 25.2 Å². The number of imidazole rings is 1. The molecular weight excluding hydrogens is 443 g/mol. The van der Waals surface area contributed by atoms with E-state index in [0.717, 1.165) is 0 Å². The highest BCUT2D eigenvalue weighted by Gasteiger charge is 2.50. The standard InChI is InChI=1S/C18H31N6O5PS/c1-9(2)27-7-10-12(29-30(25,31)18(3,4)5)13(26-6)16(28-10)24-8-21-11-14(19)22-17(20)23-15(11)24/h8-10,12-13,16H,7H2,1-6H3,(H,25,31)(H4,19,20,22,23)/t10-,12+,13?,16-,30?/m1/s1. The highest BCUT2D eigenvalue weighted by Crippen LogP contribution is 2.58. The van der Waals surface area contributed by atoms with Gasteiger partial charge in [0, 0.05) is 12.3 Å². The largest absolute Gasteiger partial charge is 0.382 e. The Morgan fingerprint density at radius 1 is 1.29 bits per heavy atom. The maximum Gasteiger partial charge on any atom is 0.224 e. The minimum absolute atomic E-state index is 0.0183. The van der Waals surface area contributed by atoms with E-state index in [0.29, 0.717) is 11.2 Å². The lowest BCUT2D eigenvalue weighted by Crippen LogP contribution is -2.39. The fourth-order valence-electron chi connectivity index (χ4n) is 3.20. The van der Waals surface area contributed by atoms with Crippen LogP contribution in [0.1, 0.15) is 40.8 Å². The lowest BCUT2D eigenvalue weighted by atomic mass is 10.1. The van der Waals surface area contributed by atoms with Crippen LogP contribution in [-0.2, 0) is 30.5 Å². The van der Waals surface area contributed by atoms with Gasteiger partial charge in [-0.05, 0) is 25.7 Å². The van der Waals surface area contributed by atoms with Crippen molar-refractivity contribution in [3.8, 4) is 0 Å². The number of methoxy groups -OCH3 is 1. The number of nitrogen functional groups attached to an aromatic ring is 2. The van der Waals surface area contributed by atoms with Crippen molar-refractivity contribution >= 4 is 41.2 Å². The van der Waals surface area contributed by atoms with Gasteiger partial charge in [-0.3, -0.25) is 4.57 Å². The van der Waals surface area contributed by atoms with E-state index in [1.54, 1.807) is 4.57 Å². The van der Waals surface area contributed by atoms with Crippen molar-refractivity contribution in [1.82, 2.24) is 19.5 Å². The summed E-state index contributed by atoms with van der Waals surface area (Å²) in [7, 11) is 1.54. The van der Waals surface area contributed by atoms with Gasteiger partial charge in [-0.15, -0.1) is 0 Å². The highest BCUT2D eigenvalue weighted by atomic mass is 32.5. The second-order valence-electron chi connectivity index (χ2n) is 8.70. The number of anilines is 2. The normalized spacial score (nSPS) is 26.6. The molecule has 0 aromatic carbocycles. The van der Waals surface area contributed by atoms with E-state index < -0.39 is 36.2 Å². The Kier molecular flexibility index (Phi) is 6.93. The van der Waals surface area contributed by atoms with Crippen molar-refractivity contribution in [1.29, 1.82) is 0 Å². The molecule has 1 aliphatic heterocycles. The zero-order valence-corrected chi connectivity index (χ0v) is 20.3. The van der Waals surface area contributed by atoms with E-state index in [9.17, 15) is 4.89 Å². The minimum Gasteiger partial charge on any atom is -0.382 e. The Hall–Kier alpha value is -1.40. The van der Waals surface area contributed by atoms with E-state index in [-0.39, 0.29) is 24.5 Å². The van der Waals surface area contributed by atoms with Gasteiger partial charge in [0.05, 0.1) is 19.0 Å². The van der Waals surface area contributed by atoms with Crippen LogP contribution in [0.25, 0.3) is 11.2 Å². The quantitative estimate of drug-likeness (QED) is 0.504. The minimum atomic E-state index is -3.20. The molecule has 11 nitrogen and oxygen atoms in total. The van der Waals surface area contributed by atoms with Crippen LogP contribution in [0.5, 0.6) is 0 Å². The molecule has 1 saturated heterocycles. The lowest BCUT2D eigenvalue weighted by molar-refractivity contribution is -0.0764. The van der Waals surface area contributed by atoms with Crippen molar-refractivity contribution < 1.29 is 23.6 Å². The first kappa shape index (κ1) is 24.2. The predicted octanol–water partition coefficient (Wildman–Crippen LogP) is 1.81. The molecule has 1 fully saturated rings. The van der Waals surface area contributed by atoms with E-state index in [2.05, 4.69) is 15.0 Å². The number of hydrogen-bond acceptors (Lipinski definition) is 10. The van der Waals surface area contributed by atoms with Gasteiger partial charge in [-0.2, -0.15) is 9.97 Å². The third-order valence-electron chi connectivity index (χ3n) is 5.00. The Morgan fingerprint density at radius 3 is 2.55 bits per heavy atom. The molecule has 174 valence electrons. The number of hydrogen-bond donors (Lipinski definition) is 3. The molecule has 2 aromatic heterocycles. The number of fused-ring (bicyclic) bond motifs is 1. The van der Waals surface area contributed by atoms with Gasteiger partial charge in [0.15, 0.2) is 24.2 Å². The molecule has 0 saturated carbocycles. The monoisotopic (exact) mass is 474 g/mol. The highest BCUT2D eigenvalue weighted by molar-refractivity contribution is 8.10. The van der Waals surface area contributed by atoms with Crippen molar-refractivity contribution in [2.45, 2.75) is 70.4 Å². The van der Waals surface area contributed by atoms with Crippen molar-refractivity contribution in [2.24, 2.45) is 0 Å². The number of aromatic nitrogens is 4. The Morgan fingerprint density at radius 2 is 1.97 bits per heavy atom. The van der Waals surface area contributed by atoms with E-state index in [1.165, 1.54) is 13.4 Å². The summed E-state index contributed by atoms with van der Waals surface area (Å²) in [6, 6.07) is 0. The van der Waals surface area contributed by atoms with Crippen LogP contribution < -0.4 is 11.5 Å². The van der Waals surface area contributed by atoms with Gasteiger partial charge < -0.3 is 35.1 Å². The van der Waals surface area contributed by atoms with Crippen LogP contribution in [0.15, 0.2) is 6.33 Å². The van der Waals surface area contributed by atoms with Crippen molar-refractivity contribution in [3.05, 3.63) is 6.33 Å². The molecule has 0 spiro atoms. The smallest absolute Gasteiger partial charge is 0.224 e. The Bertz CT molecular complexity index is 980. The maximum atomic E-state index is 11.0. The number of ether oxygens (including phenoxy) is 3. The fourth-order valence-corrected chi connectivity index (χ4v) is 4.40. The second kappa shape index (κ2) is 8.86. The van der Waals surface area contributed by atoms with Crippen LogP contribution in [0.4, 0.5) is 11.8 Å². The summed E-state index contributed by atoms with van der Waals surface area (Å²) in [5.41, 5.74) is 12.5. The summed E-state index contributed by atoms with van der Waals surface area (Å²) in [6.07, 6.45) is -1.05. The van der Waals surface area contributed by atoms with Gasteiger partial charge in [-0.1, -0.05) is 20.8 Å². The summed E-state index contributed by atoms with van der Waals surface area (Å²) in [5.74, 6) is 0.184. The Balaban J connectivity index is 2.01. The van der Waals surface area contributed by atoms with E-state index in [4.69, 9.17) is 42.0 Å². The van der Waals surface area contributed by atoms with Gasteiger partial charge in [0.25, 0.3) is 0 Å². The van der Waals surface area contributed by atoms with Crippen LogP contribution in [0, 0.1) is 0 Å². The molecule has 0 aliphatic carbocycles. The fraction of sp³-hybridized carbons (Fsp3) is 0.722. The van der Waals surface area contributed by atoms with Gasteiger partial charge >= 0.3 is 0 Å². The molecule has 0 radical (unpaired) electrons. The average molecular weight is 475 g/mol. The maximum absolute atomic E-state index is 11.0. The molecule has 0 bridgehead atoms. The van der Waals surface area contributed by atoms with Crippen LogP contribution in [0.2, 0.25) is 0 Å². The molecule has 5 N–H and O–H groups in total. The molecule has 31 heavy (non-hydrogen) atoms. The summed E-state index contributed by atoms with van der Waals surface area (Å²) in [5, 5.41) is -0.625. The van der Waals surface area contributed by atoms with Gasteiger partial charge in [0.2, 0.25) is 5.95 Å². The third-order valence-corrected chi connectivity index (χ3v) is 9.13. The first-order valence-electron chi connectivity index (χ1n) is 9.92. The second-order valence-corrected chi connectivity index (χ2v) is 12.8. The zero-order valence-electron chi connectivity index (χ0n) is 18.6. The average Bonchev–Trinajstić information content (AvgIpc) is 3.19. The zero-order chi connectivity index (χ0) is 23.1. The summed E-state index contributed by atoms with van der Waals surface area (Å²) >= 11 is 5.48. The number of rotatable bonds is 7. The van der Waals surface area contributed by atoms with Gasteiger partial charge in [0.1, 0.15) is 23.8 Å².